The van der Waals surface area contributed by atoms with Gasteiger partial charge in [0.1, 0.15) is 17.5 Å². The first-order valence-corrected chi connectivity index (χ1v) is 10.3. The molecule has 0 spiro atoms. The van der Waals surface area contributed by atoms with Gasteiger partial charge in [0.15, 0.2) is 0 Å². The fraction of sp³-hybridized carbons (Fsp3) is 0.696. The van der Waals surface area contributed by atoms with Gasteiger partial charge >= 0.3 is 0 Å². The van der Waals surface area contributed by atoms with Gasteiger partial charge in [0, 0.05) is 32.5 Å². The van der Waals surface area contributed by atoms with Crippen LogP contribution in [-0.4, -0.2) is 48.7 Å². The van der Waals surface area contributed by atoms with Crippen molar-refractivity contribution < 1.29 is 18.9 Å². The maximum absolute atomic E-state index is 5.93. The van der Waals surface area contributed by atoms with Crippen LogP contribution in [0.15, 0.2) is 18.3 Å². The number of nitrogens with zero attached hydrogens (tertiary/aromatic N) is 1. The normalized spacial score (nSPS) is 19.1. The van der Waals surface area contributed by atoms with Gasteiger partial charge in [-0.3, -0.25) is 0 Å². The van der Waals surface area contributed by atoms with E-state index < -0.39 is 0 Å². The zero-order valence-electron chi connectivity index (χ0n) is 18.0. The van der Waals surface area contributed by atoms with Gasteiger partial charge in [0.05, 0.1) is 30.6 Å². The minimum Gasteiger partial charge on any atom is -0.489 e. The molecule has 156 valence electrons. The van der Waals surface area contributed by atoms with E-state index in [-0.39, 0.29) is 17.8 Å². The minimum absolute atomic E-state index is 0.0925. The van der Waals surface area contributed by atoms with Crippen molar-refractivity contribution in [1.82, 2.24) is 4.98 Å². The predicted octanol–water partition coefficient (Wildman–Crippen LogP) is 4.38. The SMILES string of the molecule is CC(C)OCCCOCCC#Cc1ccc(OC2CC(OC(C)(C)C)C2)cn1. The minimum atomic E-state index is -0.0925. The molecule has 0 aliphatic heterocycles. The standard InChI is InChI=1S/C23H35NO4/c1-18(2)26-14-8-13-25-12-7-6-9-19-10-11-20(17-24-19)27-21-15-22(16-21)28-23(3,4)5/h10-11,17-18,21-22H,7-8,12-16H2,1-5H3. The number of hydrogen-bond donors (Lipinski definition) is 0. The molecule has 0 N–H and O–H groups in total. The van der Waals surface area contributed by atoms with Gasteiger partial charge in [0.2, 0.25) is 0 Å². The van der Waals surface area contributed by atoms with E-state index in [1.54, 1.807) is 6.20 Å². The Morgan fingerprint density at radius 2 is 1.89 bits per heavy atom. The Labute approximate surface area is 170 Å². The van der Waals surface area contributed by atoms with E-state index in [1.165, 1.54) is 0 Å². The summed E-state index contributed by atoms with van der Waals surface area (Å²) in [7, 11) is 0. The monoisotopic (exact) mass is 389 g/mol. The van der Waals surface area contributed by atoms with Crippen molar-refractivity contribution in [3.8, 4) is 17.6 Å². The van der Waals surface area contributed by atoms with Crippen LogP contribution in [0, 0.1) is 11.8 Å². The summed E-state index contributed by atoms with van der Waals surface area (Å²) in [4.78, 5) is 4.36. The lowest BCUT2D eigenvalue weighted by atomic mass is 9.91. The summed E-state index contributed by atoms with van der Waals surface area (Å²) >= 11 is 0. The second-order valence-electron chi connectivity index (χ2n) is 8.38. The number of pyridine rings is 1. The molecule has 1 saturated carbocycles. The Hall–Kier alpha value is -1.61. The molecule has 1 aliphatic rings. The summed E-state index contributed by atoms with van der Waals surface area (Å²) in [5.74, 6) is 6.95. The van der Waals surface area contributed by atoms with Crippen LogP contribution in [0.5, 0.6) is 5.75 Å². The van der Waals surface area contributed by atoms with Crippen LogP contribution in [-0.2, 0) is 14.2 Å². The first-order valence-electron chi connectivity index (χ1n) is 10.3. The van der Waals surface area contributed by atoms with Crippen molar-refractivity contribution in [2.24, 2.45) is 0 Å². The van der Waals surface area contributed by atoms with Crippen molar-refractivity contribution in [2.45, 2.75) is 84.2 Å². The second-order valence-corrected chi connectivity index (χ2v) is 8.38. The van der Waals surface area contributed by atoms with Crippen molar-refractivity contribution in [2.75, 3.05) is 19.8 Å². The number of hydrogen-bond acceptors (Lipinski definition) is 5. The topological polar surface area (TPSA) is 49.8 Å². The van der Waals surface area contributed by atoms with Crippen LogP contribution in [0.2, 0.25) is 0 Å². The Morgan fingerprint density at radius 1 is 1.11 bits per heavy atom. The molecular weight excluding hydrogens is 354 g/mol. The van der Waals surface area contributed by atoms with Crippen LogP contribution in [0.1, 0.15) is 66.0 Å². The van der Waals surface area contributed by atoms with Gasteiger partial charge in [-0.2, -0.15) is 0 Å². The Balaban J connectivity index is 1.58. The highest BCUT2D eigenvalue weighted by molar-refractivity contribution is 5.31. The Kier molecular flexibility index (Phi) is 9.24. The highest BCUT2D eigenvalue weighted by Gasteiger charge is 2.34. The molecule has 1 fully saturated rings. The summed E-state index contributed by atoms with van der Waals surface area (Å²) in [6.07, 6.45) is 6.02. The van der Waals surface area contributed by atoms with E-state index in [4.69, 9.17) is 18.9 Å². The van der Waals surface area contributed by atoms with Crippen LogP contribution < -0.4 is 4.74 Å². The lowest BCUT2D eigenvalue weighted by molar-refractivity contribution is -0.126. The van der Waals surface area contributed by atoms with Crippen LogP contribution >= 0.6 is 0 Å². The van der Waals surface area contributed by atoms with E-state index in [1.807, 2.05) is 26.0 Å². The fourth-order valence-corrected chi connectivity index (χ4v) is 2.78. The molecule has 1 heterocycles. The molecule has 0 saturated heterocycles. The average molecular weight is 390 g/mol. The van der Waals surface area contributed by atoms with Gasteiger partial charge in [0.25, 0.3) is 0 Å². The molecule has 1 aliphatic carbocycles. The molecule has 0 atom stereocenters. The van der Waals surface area contributed by atoms with E-state index in [0.29, 0.717) is 25.7 Å². The van der Waals surface area contributed by atoms with Crippen molar-refractivity contribution in [3.63, 3.8) is 0 Å². The quantitative estimate of drug-likeness (QED) is 0.439. The Morgan fingerprint density at radius 3 is 2.54 bits per heavy atom. The Bertz CT molecular complexity index is 619. The van der Waals surface area contributed by atoms with Crippen LogP contribution in [0.25, 0.3) is 0 Å². The number of ether oxygens (including phenoxy) is 4. The highest BCUT2D eigenvalue weighted by atomic mass is 16.5. The van der Waals surface area contributed by atoms with E-state index >= 15 is 0 Å². The summed E-state index contributed by atoms with van der Waals surface area (Å²) in [5.41, 5.74) is 0.658. The van der Waals surface area contributed by atoms with Crippen molar-refractivity contribution in [3.05, 3.63) is 24.0 Å². The lowest BCUT2D eigenvalue weighted by Gasteiger charge is -2.39. The third-order valence-electron chi connectivity index (χ3n) is 4.08. The molecule has 0 bridgehead atoms. The average Bonchev–Trinajstić information content (AvgIpc) is 2.58. The largest absolute Gasteiger partial charge is 0.489 e. The maximum Gasteiger partial charge on any atom is 0.138 e. The highest BCUT2D eigenvalue weighted by Crippen LogP contribution is 2.30. The molecule has 0 unspecified atom stereocenters. The zero-order chi connectivity index (χ0) is 20.4. The first-order chi connectivity index (χ1) is 13.3. The number of aromatic nitrogens is 1. The fourth-order valence-electron chi connectivity index (χ4n) is 2.78. The zero-order valence-corrected chi connectivity index (χ0v) is 18.0. The molecule has 5 heteroatoms. The van der Waals surface area contributed by atoms with Gasteiger partial charge in [-0.25, -0.2) is 4.98 Å². The summed E-state index contributed by atoms with van der Waals surface area (Å²) in [6.45, 7) is 12.4. The second kappa shape index (κ2) is 11.4. The van der Waals surface area contributed by atoms with Gasteiger partial charge < -0.3 is 18.9 Å². The number of rotatable bonds is 10. The molecule has 0 aromatic carbocycles. The van der Waals surface area contributed by atoms with Crippen LogP contribution in [0.4, 0.5) is 0 Å². The molecule has 2 rings (SSSR count). The molecule has 28 heavy (non-hydrogen) atoms. The van der Waals surface area contributed by atoms with E-state index in [0.717, 1.165) is 37.3 Å². The molecule has 0 radical (unpaired) electrons. The van der Waals surface area contributed by atoms with Gasteiger partial charge in [-0.05, 0) is 59.1 Å². The van der Waals surface area contributed by atoms with E-state index in [9.17, 15) is 0 Å². The van der Waals surface area contributed by atoms with Gasteiger partial charge in [-0.1, -0.05) is 5.92 Å². The summed E-state index contributed by atoms with van der Waals surface area (Å²) < 4.78 is 22.9. The third-order valence-corrected chi connectivity index (χ3v) is 4.08. The lowest BCUT2D eigenvalue weighted by Crippen LogP contribution is -2.43. The smallest absolute Gasteiger partial charge is 0.138 e. The predicted molar refractivity (Wildman–Crippen MR) is 111 cm³/mol. The molecule has 0 amide bonds. The summed E-state index contributed by atoms with van der Waals surface area (Å²) in [6, 6.07) is 3.83. The van der Waals surface area contributed by atoms with Crippen molar-refractivity contribution >= 4 is 0 Å². The molecule has 1 aromatic heterocycles. The van der Waals surface area contributed by atoms with Crippen molar-refractivity contribution in [1.29, 1.82) is 0 Å². The van der Waals surface area contributed by atoms with E-state index in [2.05, 4.69) is 37.6 Å². The molecule has 1 aromatic rings. The molecular formula is C23H35NO4. The van der Waals surface area contributed by atoms with Crippen LogP contribution in [0.3, 0.4) is 0 Å². The summed E-state index contributed by atoms with van der Waals surface area (Å²) in [5, 5.41) is 0. The molecule has 5 nitrogen and oxygen atoms in total. The third kappa shape index (κ3) is 9.54. The maximum atomic E-state index is 5.93. The first kappa shape index (κ1) is 22.7. The van der Waals surface area contributed by atoms with Gasteiger partial charge in [-0.15, -0.1) is 0 Å².